The van der Waals surface area contributed by atoms with Gasteiger partial charge in [-0.3, -0.25) is 0 Å². The molecule has 3 N–H and O–H groups in total. The first-order chi connectivity index (χ1) is 6.63. The molecule has 3 unspecified atom stereocenters. The molecule has 0 heterocycles. The van der Waals surface area contributed by atoms with Gasteiger partial charge in [0.1, 0.15) is 0 Å². The Labute approximate surface area is 84.4 Å². The number of ether oxygens (including phenoxy) is 1. The standard InChI is InChI=1S/C10H19NO3/c1-7-3-2-4-8(5-7)14-9(6-11)10(12)13/h7-9H,2-6,11H2,1H3,(H,12,13). The Hall–Kier alpha value is -0.610. The van der Waals surface area contributed by atoms with Crippen LogP contribution in [0.1, 0.15) is 32.6 Å². The Morgan fingerprint density at radius 1 is 1.64 bits per heavy atom. The fraction of sp³-hybridized carbons (Fsp3) is 0.900. The van der Waals surface area contributed by atoms with E-state index in [1.165, 1.54) is 6.42 Å². The fourth-order valence-electron chi connectivity index (χ4n) is 1.95. The number of carboxylic acids is 1. The van der Waals surface area contributed by atoms with Gasteiger partial charge in [0.15, 0.2) is 6.10 Å². The third-order valence-electron chi connectivity index (χ3n) is 2.73. The van der Waals surface area contributed by atoms with E-state index in [1.807, 2.05) is 0 Å². The van der Waals surface area contributed by atoms with Crippen LogP contribution in [0.4, 0.5) is 0 Å². The quantitative estimate of drug-likeness (QED) is 0.711. The molecular formula is C10H19NO3. The van der Waals surface area contributed by atoms with Gasteiger partial charge in [-0.2, -0.15) is 0 Å². The van der Waals surface area contributed by atoms with E-state index < -0.39 is 12.1 Å². The predicted octanol–water partition coefficient (Wildman–Crippen LogP) is 0.994. The molecule has 0 aromatic rings. The molecule has 14 heavy (non-hydrogen) atoms. The Morgan fingerprint density at radius 3 is 2.86 bits per heavy atom. The average molecular weight is 201 g/mol. The van der Waals surface area contributed by atoms with Gasteiger partial charge in [0, 0.05) is 6.54 Å². The van der Waals surface area contributed by atoms with Gasteiger partial charge < -0.3 is 15.6 Å². The van der Waals surface area contributed by atoms with E-state index in [0.29, 0.717) is 5.92 Å². The second kappa shape index (κ2) is 5.32. The van der Waals surface area contributed by atoms with Crippen molar-refractivity contribution in [2.45, 2.75) is 44.8 Å². The monoisotopic (exact) mass is 201 g/mol. The molecule has 1 aliphatic carbocycles. The minimum Gasteiger partial charge on any atom is -0.479 e. The van der Waals surface area contributed by atoms with E-state index in [2.05, 4.69) is 6.92 Å². The number of carboxylic acid groups (broad SMARTS) is 1. The highest BCUT2D eigenvalue weighted by molar-refractivity contribution is 5.72. The maximum atomic E-state index is 10.7. The van der Waals surface area contributed by atoms with Gasteiger partial charge in [0.2, 0.25) is 0 Å². The lowest BCUT2D eigenvalue weighted by molar-refractivity contribution is -0.155. The summed E-state index contributed by atoms with van der Waals surface area (Å²) in [6.07, 6.45) is 3.54. The molecule has 0 saturated heterocycles. The van der Waals surface area contributed by atoms with Crippen molar-refractivity contribution in [1.29, 1.82) is 0 Å². The van der Waals surface area contributed by atoms with Crippen LogP contribution in [0.5, 0.6) is 0 Å². The summed E-state index contributed by atoms with van der Waals surface area (Å²) in [6, 6.07) is 0. The Bertz CT molecular complexity index is 196. The normalized spacial score (nSPS) is 29.9. The van der Waals surface area contributed by atoms with Crippen molar-refractivity contribution in [3.63, 3.8) is 0 Å². The average Bonchev–Trinajstić information content (AvgIpc) is 2.14. The number of hydrogen-bond acceptors (Lipinski definition) is 3. The molecule has 82 valence electrons. The number of rotatable bonds is 4. The fourth-order valence-corrected chi connectivity index (χ4v) is 1.95. The second-order valence-corrected chi connectivity index (χ2v) is 4.09. The van der Waals surface area contributed by atoms with Crippen LogP contribution in [0.2, 0.25) is 0 Å². The third kappa shape index (κ3) is 3.27. The van der Waals surface area contributed by atoms with Crippen LogP contribution in [0, 0.1) is 5.92 Å². The number of carbonyl (C=O) groups is 1. The van der Waals surface area contributed by atoms with Gasteiger partial charge in [0.05, 0.1) is 6.10 Å². The topological polar surface area (TPSA) is 72.5 Å². The minimum atomic E-state index is -0.953. The highest BCUT2D eigenvalue weighted by Crippen LogP contribution is 2.26. The largest absolute Gasteiger partial charge is 0.479 e. The number of hydrogen-bond donors (Lipinski definition) is 2. The van der Waals surface area contributed by atoms with E-state index in [4.69, 9.17) is 15.6 Å². The first-order valence-electron chi connectivity index (χ1n) is 5.21. The van der Waals surface area contributed by atoms with E-state index >= 15 is 0 Å². The van der Waals surface area contributed by atoms with Crippen molar-refractivity contribution in [2.75, 3.05) is 6.54 Å². The first-order valence-corrected chi connectivity index (χ1v) is 5.21. The van der Waals surface area contributed by atoms with Gasteiger partial charge in [0.25, 0.3) is 0 Å². The van der Waals surface area contributed by atoms with Gasteiger partial charge >= 0.3 is 5.97 Å². The molecule has 0 spiro atoms. The van der Waals surface area contributed by atoms with Gasteiger partial charge in [-0.1, -0.05) is 19.8 Å². The summed E-state index contributed by atoms with van der Waals surface area (Å²) in [7, 11) is 0. The van der Waals surface area contributed by atoms with E-state index in [9.17, 15) is 4.79 Å². The van der Waals surface area contributed by atoms with Crippen molar-refractivity contribution in [3.8, 4) is 0 Å². The Kier molecular flexibility index (Phi) is 4.35. The van der Waals surface area contributed by atoms with Crippen LogP contribution in [0.15, 0.2) is 0 Å². The molecular weight excluding hydrogens is 182 g/mol. The lowest BCUT2D eigenvalue weighted by Gasteiger charge is -2.28. The highest BCUT2D eigenvalue weighted by atomic mass is 16.5. The van der Waals surface area contributed by atoms with Crippen LogP contribution in [0.3, 0.4) is 0 Å². The molecule has 1 rings (SSSR count). The molecule has 1 aliphatic rings. The summed E-state index contributed by atoms with van der Waals surface area (Å²) < 4.78 is 5.45. The molecule has 0 radical (unpaired) electrons. The van der Waals surface area contributed by atoms with Crippen molar-refractivity contribution in [2.24, 2.45) is 11.7 Å². The molecule has 0 aromatic carbocycles. The van der Waals surface area contributed by atoms with Gasteiger partial charge in [-0.25, -0.2) is 4.79 Å². The zero-order valence-corrected chi connectivity index (χ0v) is 8.61. The summed E-state index contributed by atoms with van der Waals surface area (Å²) in [5.74, 6) is -0.313. The van der Waals surface area contributed by atoms with E-state index in [0.717, 1.165) is 19.3 Å². The smallest absolute Gasteiger partial charge is 0.334 e. The molecule has 4 nitrogen and oxygen atoms in total. The van der Waals surface area contributed by atoms with Gasteiger partial charge in [-0.15, -0.1) is 0 Å². The Balaban J connectivity index is 2.37. The molecule has 0 amide bonds. The van der Waals surface area contributed by atoms with E-state index in [-0.39, 0.29) is 12.6 Å². The zero-order chi connectivity index (χ0) is 10.6. The molecule has 0 bridgehead atoms. The van der Waals surface area contributed by atoms with Crippen LogP contribution in [-0.4, -0.2) is 29.8 Å². The summed E-state index contributed by atoms with van der Waals surface area (Å²) in [6.45, 7) is 2.23. The Morgan fingerprint density at radius 2 is 2.36 bits per heavy atom. The van der Waals surface area contributed by atoms with Crippen molar-refractivity contribution < 1.29 is 14.6 Å². The summed E-state index contributed by atoms with van der Waals surface area (Å²) in [5, 5.41) is 8.76. The summed E-state index contributed by atoms with van der Waals surface area (Å²) in [5.41, 5.74) is 5.32. The predicted molar refractivity (Wildman–Crippen MR) is 53.0 cm³/mol. The van der Waals surface area contributed by atoms with Crippen molar-refractivity contribution >= 4 is 5.97 Å². The lowest BCUT2D eigenvalue weighted by Crippen LogP contribution is -2.37. The number of nitrogens with two attached hydrogens (primary N) is 1. The molecule has 0 aromatic heterocycles. The molecule has 1 fully saturated rings. The van der Waals surface area contributed by atoms with Crippen molar-refractivity contribution in [3.05, 3.63) is 0 Å². The maximum Gasteiger partial charge on any atom is 0.334 e. The SMILES string of the molecule is CC1CCCC(OC(CN)C(=O)O)C1. The highest BCUT2D eigenvalue weighted by Gasteiger charge is 2.25. The number of aliphatic carboxylic acids is 1. The van der Waals surface area contributed by atoms with Crippen LogP contribution in [-0.2, 0) is 9.53 Å². The van der Waals surface area contributed by atoms with Crippen LogP contribution < -0.4 is 5.73 Å². The molecule has 4 heteroatoms. The zero-order valence-electron chi connectivity index (χ0n) is 8.61. The van der Waals surface area contributed by atoms with Crippen LogP contribution in [0.25, 0.3) is 0 Å². The molecule has 1 saturated carbocycles. The first kappa shape index (κ1) is 11.5. The van der Waals surface area contributed by atoms with Crippen molar-refractivity contribution in [1.82, 2.24) is 0 Å². The minimum absolute atomic E-state index is 0.0558. The second-order valence-electron chi connectivity index (χ2n) is 4.09. The van der Waals surface area contributed by atoms with Crippen LogP contribution >= 0.6 is 0 Å². The maximum absolute atomic E-state index is 10.7. The molecule has 3 atom stereocenters. The lowest BCUT2D eigenvalue weighted by atomic mass is 9.88. The third-order valence-corrected chi connectivity index (χ3v) is 2.73. The summed E-state index contributed by atoms with van der Waals surface area (Å²) >= 11 is 0. The van der Waals surface area contributed by atoms with Gasteiger partial charge in [-0.05, 0) is 18.8 Å². The summed E-state index contributed by atoms with van der Waals surface area (Å²) in [4.78, 5) is 10.7. The molecule has 0 aliphatic heterocycles. The van der Waals surface area contributed by atoms with E-state index in [1.54, 1.807) is 0 Å².